The molecule has 7 nitrogen and oxygen atoms in total. The third-order valence-electron chi connectivity index (χ3n) is 2.82. The average molecular weight is 243 g/mol. The second kappa shape index (κ2) is 5.51. The Morgan fingerprint density at radius 3 is 2.71 bits per heavy atom. The molecular weight excluding hydrogens is 226 g/mol. The number of hydrogen-bond acceptors (Lipinski definition) is 3. The van der Waals surface area contributed by atoms with Gasteiger partial charge >= 0.3 is 12.0 Å². The van der Waals surface area contributed by atoms with Crippen molar-refractivity contribution in [2.75, 3.05) is 13.1 Å². The summed E-state index contributed by atoms with van der Waals surface area (Å²) < 4.78 is 0. The molecule has 0 spiro atoms. The van der Waals surface area contributed by atoms with Gasteiger partial charge in [-0.2, -0.15) is 0 Å². The van der Waals surface area contributed by atoms with Crippen LogP contribution in [0.25, 0.3) is 0 Å². The Kier molecular flexibility index (Phi) is 4.30. The molecule has 4 N–H and O–H groups in total. The van der Waals surface area contributed by atoms with Crippen LogP contribution in [0.15, 0.2) is 0 Å². The zero-order valence-corrected chi connectivity index (χ0v) is 9.68. The second-order valence-corrected chi connectivity index (χ2v) is 4.18. The van der Waals surface area contributed by atoms with Crippen LogP contribution in [-0.2, 0) is 9.59 Å². The standard InChI is InChI=1S/C10H17N3O4/c1-6(9(15)16)5-12-10(17)13-4-2-3-7(13)8(11)14/h6-7H,2-5H2,1H3,(H2,11,14)(H,12,17)(H,15,16). The molecule has 0 aromatic carbocycles. The third kappa shape index (κ3) is 3.33. The number of aliphatic carboxylic acids is 1. The van der Waals surface area contributed by atoms with Gasteiger partial charge < -0.3 is 21.1 Å². The van der Waals surface area contributed by atoms with Crippen molar-refractivity contribution in [2.45, 2.75) is 25.8 Å². The number of nitrogens with zero attached hydrogens (tertiary/aromatic N) is 1. The lowest BCUT2D eigenvalue weighted by Gasteiger charge is -2.23. The number of nitrogens with two attached hydrogens (primary N) is 1. The third-order valence-corrected chi connectivity index (χ3v) is 2.82. The van der Waals surface area contributed by atoms with Crippen LogP contribution >= 0.6 is 0 Å². The number of amides is 3. The fourth-order valence-electron chi connectivity index (χ4n) is 1.73. The van der Waals surface area contributed by atoms with Gasteiger partial charge in [-0.15, -0.1) is 0 Å². The largest absolute Gasteiger partial charge is 0.481 e. The first kappa shape index (κ1) is 13.3. The van der Waals surface area contributed by atoms with E-state index in [1.807, 2.05) is 0 Å². The van der Waals surface area contributed by atoms with Gasteiger partial charge in [-0.05, 0) is 12.8 Å². The number of primary amides is 1. The molecule has 3 amide bonds. The molecule has 1 rings (SSSR count). The van der Waals surface area contributed by atoms with E-state index in [4.69, 9.17) is 10.8 Å². The zero-order chi connectivity index (χ0) is 13.0. The smallest absolute Gasteiger partial charge is 0.318 e. The number of urea groups is 1. The molecule has 2 unspecified atom stereocenters. The van der Waals surface area contributed by atoms with E-state index in [2.05, 4.69) is 5.32 Å². The second-order valence-electron chi connectivity index (χ2n) is 4.18. The van der Waals surface area contributed by atoms with Crippen LogP contribution in [0.5, 0.6) is 0 Å². The first-order valence-electron chi connectivity index (χ1n) is 5.50. The van der Waals surface area contributed by atoms with Crippen molar-refractivity contribution in [2.24, 2.45) is 11.7 Å². The first-order chi connectivity index (χ1) is 7.93. The average Bonchev–Trinajstić information content (AvgIpc) is 2.73. The lowest BCUT2D eigenvalue weighted by molar-refractivity contribution is -0.140. The molecule has 1 saturated heterocycles. The van der Waals surface area contributed by atoms with E-state index in [0.29, 0.717) is 13.0 Å². The number of likely N-dealkylation sites (tertiary alicyclic amines) is 1. The van der Waals surface area contributed by atoms with Crippen LogP contribution in [0.2, 0.25) is 0 Å². The van der Waals surface area contributed by atoms with Gasteiger partial charge in [0.25, 0.3) is 0 Å². The highest BCUT2D eigenvalue weighted by atomic mass is 16.4. The first-order valence-corrected chi connectivity index (χ1v) is 5.50. The van der Waals surface area contributed by atoms with Gasteiger partial charge in [0.15, 0.2) is 0 Å². The summed E-state index contributed by atoms with van der Waals surface area (Å²) >= 11 is 0. The normalized spacial score (nSPS) is 21.0. The molecule has 0 aromatic rings. The molecule has 1 heterocycles. The van der Waals surface area contributed by atoms with Crippen LogP contribution in [-0.4, -0.2) is 47.0 Å². The SMILES string of the molecule is CC(CNC(=O)N1CCCC1C(N)=O)C(=O)O. The van der Waals surface area contributed by atoms with Crippen molar-refractivity contribution in [1.29, 1.82) is 0 Å². The highest BCUT2D eigenvalue weighted by Crippen LogP contribution is 2.16. The molecule has 7 heteroatoms. The Hall–Kier alpha value is -1.79. The van der Waals surface area contributed by atoms with Gasteiger partial charge in [0.1, 0.15) is 6.04 Å². The molecule has 1 aliphatic rings. The summed E-state index contributed by atoms with van der Waals surface area (Å²) in [6.45, 7) is 2.01. The van der Waals surface area contributed by atoms with E-state index in [9.17, 15) is 14.4 Å². The number of carbonyl (C=O) groups is 3. The molecule has 17 heavy (non-hydrogen) atoms. The van der Waals surface area contributed by atoms with E-state index in [1.54, 1.807) is 0 Å². The molecular formula is C10H17N3O4. The molecule has 1 aliphatic heterocycles. The van der Waals surface area contributed by atoms with E-state index in [0.717, 1.165) is 6.42 Å². The summed E-state index contributed by atoms with van der Waals surface area (Å²) in [5.41, 5.74) is 5.18. The Labute approximate surface area is 98.9 Å². The summed E-state index contributed by atoms with van der Waals surface area (Å²) in [5, 5.41) is 11.2. The van der Waals surface area contributed by atoms with E-state index >= 15 is 0 Å². The van der Waals surface area contributed by atoms with Crippen molar-refractivity contribution in [3.8, 4) is 0 Å². The van der Waals surface area contributed by atoms with Gasteiger partial charge in [-0.3, -0.25) is 9.59 Å². The molecule has 0 saturated carbocycles. The summed E-state index contributed by atoms with van der Waals surface area (Å²) in [4.78, 5) is 34.7. The maximum atomic E-state index is 11.7. The lowest BCUT2D eigenvalue weighted by atomic mass is 10.2. The topological polar surface area (TPSA) is 113 Å². The van der Waals surface area contributed by atoms with Crippen molar-refractivity contribution >= 4 is 17.9 Å². The number of carboxylic acid groups (broad SMARTS) is 1. The summed E-state index contributed by atoms with van der Waals surface area (Å²) in [7, 11) is 0. The van der Waals surface area contributed by atoms with Gasteiger partial charge in [-0.25, -0.2) is 4.79 Å². The quantitative estimate of drug-likeness (QED) is 0.609. The van der Waals surface area contributed by atoms with E-state index in [1.165, 1.54) is 11.8 Å². The van der Waals surface area contributed by atoms with Gasteiger partial charge in [0.2, 0.25) is 5.91 Å². The van der Waals surface area contributed by atoms with Crippen LogP contribution in [0, 0.1) is 5.92 Å². The number of carboxylic acids is 1. The Morgan fingerprint density at radius 2 is 2.18 bits per heavy atom. The van der Waals surface area contributed by atoms with Crippen LogP contribution in [0.3, 0.4) is 0 Å². The lowest BCUT2D eigenvalue weighted by Crippen LogP contribution is -2.49. The highest BCUT2D eigenvalue weighted by Gasteiger charge is 2.32. The maximum Gasteiger partial charge on any atom is 0.318 e. The molecule has 0 aliphatic carbocycles. The maximum absolute atomic E-state index is 11.7. The Balaban J connectivity index is 2.47. The van der Waals surface area contributed by atoms with Crippen molar-refractivity contribution in [3.63, 3.8) is 0 Å². The minimum Gasteiger partial charge on any atom is -0.481 e. The van der Waals surface area contributed by atoms with Gasteiger partial charge in [-0.1, -0.05) is 6.92 Å². The summed E-state index contributed by atoms with van der Waals surface area (Å²) in [6.07, 6.45) is 1.30. The Bertz CT molecular complexity index is 332. The fraction of sp³-hybridized carbons (Fsp3) is 0.700. The number of carbonyl (C=O) groups excluding carboxylic acids is 2. The van der Waals surface area contributed by atoms with Gasteiger partial charge in [0.05, 0.1) is 5.92 Å². The predicted octanol–water partition coefficient (Wildman–Crippen LogP) is -0.634. The zero-order valence-electron chi connectivity index (χ0n) is 9.68. The molecule has 0 bridgehead atoms. The Morgan fingerprint density at radius 1 is 1.53 bits per heavy atom. The summed E-state index contributed by atoms with van der Waals surface area (Å²) in [5.74, 6) is -2.16. The molecule has 96 valence electrons. The molecule has 2 atom stereocenters. The van der Waals surface area contributed by atoms with Crippen LogP contribution < -0.4 is 11.1 Å². The van der Waals surface area contributed by atoms with Crippen molar-refractivity contribution in [3.05, 3.63) is 0 Å². The number of rotatable bonds is 4. The monoisotopic (exact) mass is 243 g/mol. The van der Waals surface area contributed by atoms with Gasteiger partial charge in [0, 0.05) is 13.1 Å². The molecule has 0 aromatic heterocycles. The minimum absolute atomic E-state index is 0.0378. The summed E-state index contributed by atoms with van der Waals surface area (Å²) in [6, 6.07) is -1.01. The molecule has 0 radical (unpaired) electrons. The fourth-order valence-corrected chi connectivity index (χ4v) is 1.73. The van der Waals surface area contributed by atoms with Crippen molar-refractivity contribution < 1.29 is 19.5 Å². The van der Waals surface area contributed by atoms with E-state index < -0.39 is 29.9 Å². The molecule has 1 fully saturated rings. The minimum atomic E-state index is -0.974. The number of hydrogen-bond donors (Lipinski definition) is 3. The van der Waals surface area contributed by atoms with Crippen molar-refractivity contribution in [1.82, 2.24) is 10.2 Å². The highest BCUT2D eigenvalue weighted by molar-refractivity contribution is 5.86. The predicted molar refractivity (Wildman–Crippen MR) is 59.1 cm³/mol. The number of nitrogens with one attached hydrogen (secondary N) is 1. The van der Waals surface area contributed by atoms with Crippen LogP contribution in [0.4, 0.5) is 4.79 Å². The van der Waals surface area contributed by atoms with E-state index in [-0.39, 0.29) is 6.54 Å². The van der Waals surface area contributed by atoms with Crippen LogP contribution in [0.1, 0.15) is 19.8 Å².